The lowest BCUT2D eigenvalue weighted by atomic mass is 9.79. The fourth-order valence-corrected chi connectivity index (χ4v) is 3.57. The van der Waals surface area contributed by atoms with E-state index in [1.165, 1.54) is 30.5 Å². The molecule has 0 saturated heterocycles. The lowest BCUT2D eigenvalue weighted by molar-refractivity contribution is 0.430. The number of pyridine rings is 2. The molecule has 2 atom stereocenters. The lowest BCUT2D eigenvalue weighted by Crippen LogP contribution is -2.48. The van der Waals surface area contributed by atoms with Gasteiger partial charge in [-0.15, -0.1) is 0 Å². The normalized spacial score (nSPS) is 21.3. The van der Waals surface area contributed by atoms with Crippen molar-refractivity contribution in [3.8, 4) is 0 Å². The van der Waals surface area contributed by atoms with Gasteiger partial charge in [0, 0.05) is 11.8 Å². The van der Waals surface area contributed by atoms with E-state index in [9.17, 15) is 13.6 Å². The van der Waals surface area contributed by atoms with E-state index in [4.69, 9.17) is 11.6 Å². The molecule has 0 bridgehead atoms. The van der Waals surface area contributed by atoms with Crippen molar-refractivity contribution in [3.63, 3.8) is 0 Å². The van der Waals surface area contributed by atoms with Crippen molar-refractivity contribution in [2.24, 2.45) is 4.99 Å². The van der Waals surface area contributed by atoms with Crippen LogP contribution in [0.5, 0.6) is 0 Å². The van der Waals surface area contributed by atoms with Crippen LogP contribution in [-0.4, -0.2) is 21.8 Å². The van der Waals surface area contributed by atoms with Crippen molar-refractivity contribution in [1.82, 2.24) is 15.3 Å². The average Bonchev–Trinajstić information content (AvgIpc) is 3.03. The van der Waals surface area contributed by atoms with Gasteiger partial charge in [0.15, 0.2) is 0 Å². The predicted octanol–water partition coefficient (Wildman–Crippen LogP) is 3.38. The molecule has 0 spiro atoms. The van der Waals surface area contributed by atoms with Gasteiger partial charge < -0.3 is 10.3 Å². The monoisotopic (exact) mass is 400 g/mol. The van der Waals surface area contributed by atoms with Gasteiger partial charge in [0.1, 0.15) is 22.2 Å². The van der Waals surface area contributed by atoms with Gasteiger partial charge in [0.25, 0.3) is 5.56 Å². The van der Waals surface area contributed by atoms with Gasteiger partial charge in [-0.25, -0.2) is 9.37 Å². The Balaban J connectivity index is 1.85. The zero-order chi connectivity index (χ0) is 19.9. The molecule has 0 aliphatic carbocycles. The molecule has 0 saturated carbocycles. The maximum Gasteiger partial charge on any atom is 0.267 e. The number of halogens is 3. The minimum absolute atomic E-state index is 0.0722. The standard InChI is InChI=1S/C20H15ClF2N4O/c1-11-20(12-2-5-14(22)6-3-12,13-4-9-17(23)24-10-13)27-18(25-11)16-8-7-15(21)19(28)26-16/h2-11H,1H3,(H,25,27)(H,26,28)/t11-,20-/m0/s1. The van der Waals surface area contributed by atoms with Crippen molar-refractivity contribution in [1.29, 1.82) is 0 Å². The summed E-state index contributed by atoms with van der Waals surface area (Å²) in [6.45, 7) is 1.88. The van der Waals surface area contributed by atoms with Crippen molar-refractivity contribution >= 4 is 17.4 Å². The molecule has 3 heterocycles. The van der Waals surface area contributed by atoms with Crippen LogP contribution in [0.2, 0.25) is 5.02 Å². The van der Waals surface area contributed by atoms with Gasteiger partial charge >= 0.3 is 0 Å². The van der Waals surface area contributed by atoms with Gasteiger partial charge in [-0.2, -0.15) is 4.39 Å². The third-order valence-electron chi connectivity index (χ3n) is 4.86. The molecular formula is C20H15ClF2N4O. The second-order valence-electron chi connectivity index (χ2n) is 6.51. The molecule has 3 aromatic rings. The molecule has 1 aliphatic rings. The molecule has 2 N–H and O–H groups in total. The first kappa shape index (κ1) is 18.3. The number of aromatic nitrogens is 2. The van der Waals surface area contributed by atoms with Crippen LogP contribution in [0.25, 0.3) is 0 Å². The number of H-pyrrole nitrogens is 1. The summed E-state index contributed by atoms with van der Waals surface area (Å²) in [5, 5.41) is 3.41. The van der Waals surface area contributed by atoms with Crippen LogP contribution < -0.4 is 10.9 Å². The molecule has 5 nitrogen and oxygen atoms in total. The van der Waals surface area contributed by atoms with E-state index in [1.54, 1.807) is 24.3 Å². The molecule has 0 radical (unpaired) electrons. The summed E-state index contributed by atoms with van der Waals surface area (Å²) in [6, 6.07) is 11.6. The second-order valence-corrected chi connectivity index (χ2v) is 6.92. The Morgan fingerprint density at radius 3 is 2.39 bits per heavy atom. The largest absolute Gasteiger partial charge is 0.353 e. The average molecular weight is 401 g/mol. The van der Waals surface area contributed by atoms with Crippen LogP contribution >= 0.6 is 11.6 Å². The number of hydrogen-bond donors (Lipinski definition) is 2. The Morgan fingerprint density at radius 2 is 1.75 bits per heavy atom. The van der Waals surface area contributed by atoms with E-state index in [-0.39, 0.29) is 16.9 Å². The van der Waals surface area contributed by atoms with Gasteiger partial charge in [-0.05, 0) is 42.8 Å². The fourth-order valence-electron chi connectivity index (χ4n) is 3.46. The first-order chi connectivity index (χ1) is 13.4. The number of nitrogens with one attached hydrogen (secondary N) is 2. The van der Waals surface area contributed by atoms with E-state index in [0.29, 0.717) is 17.1 Å². The van der Waals surface area contributed by atoms with Gasteiger partial charge in [-0.1, -0.05) is 29.8 Å². The molecule has 0 amide bonds. The molecule has 28 heavy (non-hydrogen) atoms. The maximum atomic E-state index is 13.5. The van der Waals surface area contributed by atoms with Crippen molar-refractivity contribution in [2.75, 3.05) is 0 Å². The summed E-state index contributed by atoms with van der Waals surface area (Å²) in [5.74, 6) is -0.535. The van der Waals surface area contributed by atoms with Crippen LogP contribution in [-0.2, 0) is 5.54 Å². The van der Waals surface area contributed by atoms with Crippen molar-refractivity contribution < 1.29 is 8.78 Å². The quantitative estimate of drug-likeness (QED) is 0.662. The number of aliphatic imine (C=N–C) groups is 1. The Kier molecular flexibility index (Phi) is 4.47. The van der Waals surface area contributed by atoms with Gasteiger partial charge in [0.2, 0.25) is 5.95 Å². The highest BCUT2D eigenvalue weighted by molar-refractivity contribution is 6.30. The first-order valence-electron chi connectivity index (χ1n) is 8.53. The highest BCUT2D eigenvalue weighted by atomic mass is 35.5. The Hall–Kier alpha value is -3.06. The molecule has 1 aliphatic heterocycles. The minimum Gasteiger partial charge on any atom is -0.353 e. The fraction of sp³-hybridized carbons (Fsp3) is 0.150. The Bertz CT molecular complexity index is 1060. The summed E-state index contributed by atoms with van der Waals surface area (Å²) in [4.78, 5) is 23.0. The van der Waals surface area contributed by atoms with E-state index in [0.717, 1.165) is 5.56 Å². The zero-order valence-electron chi connectivity index (χ0n) is 14.7. The summed E-state index contributed by atoms with van der Waals surface area (Å²) in [5.41, 5.74) is 0.493. The molecule has 4 rings (SSSR count). The van der Waals surface area contributed by atoms with E-state index in [2.05, 4.69) is 20.3 Å². The molecule has 0 fully saturated rings. The van der Waals surface area contributed by atoms with Gasteiger partial charge in [0.05, 0.1) is 11.7 Å². The van der Waals surface area contributed by atoms with E-state index in [1.807, 2.05) is 6.92 Å². The number of benzene rings is 1. The van der Waals surface area contributed by atoms with Crippen molar-refractivity contribution in [3.05, 3.63) is 98.7 Å². The summed E-state index contributed by atoms with van der Waals surface area (Å²) < 4.78 is 26.9. The van der Waals surface area contributed by atoms with E-state index >= 15 is 0 Å². The Morgan fingerprint density at radius 1 is 1.04 bits per heavy atom. The molecule has 1 aromatic carbocycles. The highest BCUT2D eigenvalue weighted by Gasteiger charge is 2.45. The molecule has 2 aromatic heterocycles. The zero-order valence-corrected chi connectivity index (χ0v) is 15.5. The second kappa shape index (κ2) is 6.83. The van der Waals surface area contributed by atoms with Crippen LogP contribution in [0.3, 0.4) is 0 Å². The number of hydrogen-bond acceptors (Lipinski definition) is 4. The van der Waals surface area contributed by atoms with Crippen LogP contribution in [0.1, 0.15) is 23.7 Å². The summed E-state index contributed by atoms with van der Waals surface area (Å²) in [7, 11) is 0. The maximum absolute atomic E-state index is 13.5. The van der Waals surface area contributed by atoms with E-state index < -0.39 is 17.0 Å². The predicted molar refractivity (Wildman–Crippen MR) is 103 cm³/mol. The van der Waals surface area contributed by atoms with Gasteiger partial charge in [-0.3, -0.25) is 9.79 Å². The number of aromatic amines is 1. The third-order valence-corrected chi connectivity index (χ3v) is 5.16. The highest BCUT2D eigenvalue weighted by Crippen LogP contribution is 2.38. The third kappa shape index (κ3) is 2.97. The molecule has 0 unspecified atom stereocenters. The lowest BCUT2D eigenvalue weighted by Gasteiger charge is -2.34. The van der Waals surface area contributed by atoms with Crippen LogP contribution in [0.4, 0.5) is 8.78 Å². The molecular weight excluding hydrogens is 386 g/mol. The summed E-state index contributed by atoms with van der Waals surface area (Å²) >= 11 is 5.81. The first-order valence-corrected chi connectivity index (χ1v) is 8.91. The Labute approximate surface area is 164 Å². The minimum atomic E-state index is -0.916. The summed E-state index contributed by atoms with van der Waals surface area (Å²) in [6.07, 6.45) is 1.42. The smallest absolute Gasteiger partial charge is 0.267 e. The molecule has 142 valence electrons. The number of rotatable bonds is 3. The topological polar surface area (TPSA) is 70.1 Å². The van der Waals surface area contributed by atoms with Crippen molar-refractivity contribution in [2.45, 2.75) is 18.5 Å². The van der Waals surface area contributed by atoms with Crippen LogP contribution in [0.15, 0.2) is 64.5 Å². The SMILES string of the molecule is C[C@@H]1N=C(c2ccc(Cl)c(=O)[nH]2)N[C@@]1(c1ccc(F)cc1)c1ccc(F)nc1. The molecule has 8 heteroatoms. The van der Waals surface area contributed by atoms with Crippen LogP contribution in [0, 0.1) is 11.8 Å². The number of nitrogens with zero attached hydrogens (tertiary/aromatic N) is 2. The number of amidine groups is 1.